The third-order valence-electron chi connectivity index (χ3n) is 24.9. The Labute approximate surface area is 814 Å². The van der Waals surface area contributed by atoms with Gasteiger partial charge >= 0.3 is 11.9 Å². The van der Waals surface area contributed by atoms with E-state index in [1.54, 1.807) is 12.1 Å². The topological polar surface area (TPSA) is 630 Å². The van der Waals surface area contributed by atoms with Gasteiger partial charge in [-0.3, -0.25) is 72.3 Å². The largest absolute Gasteiger partial charge is 0.508 e. The zero-order valence-electron chi connectivity index (χ0n) is 82.7. The number of carbonyl (C=O) groups excluding carboxylic acids is 13. The molecule has 9 atom stereocenters. The summed E-state index contributed by atoms with van der Waals surface area (Å²) in [7, 11) is 1.45. The number of hydrogen-bond acceptors (Lipinski definition) is 22. The van der Waals surface area contributed by atoms with Crippen molar-refractivity contribution < 1.29 is 106 Å². The average Bonchev–Trinajstić information content (AvgIpc) is 1.66. The number of amides is 13. The van der Waals surface area contributed by atoms with Gasteiger partial charge in [-0.15, -0.1) is 0 Å². The van der Waals surface area contributed by atoms with Crippen molar-refractivity contribution in [3.05, 3.63) is 29.8 Å². The fourth-order valence-corrected chi connectivity index (χ4v) is 17.0. The number of carboxylic acid groups (broad SMARTS) is 2. The van der Waals surface area contributed by atoms with Crippen LogP contribution in [0, 0.1) is 23.7 Å². The number of aromatic hydroxyl groups is 1. The molecule has 0 spiro atoms. The molecule has 1 aromatic rings. The predicted octanol–water partition coefficient (Wildman–Crippen LogP) is 4.47. The van der Waals surface area contributed by atoms with Crippen LogP contribution in [0.4, 0.5) is 0 Å². The smallest absolute Gasteiger partial charge is 0.326 e. The summed E-state index contributed by atoms with van der Waals surface area (Å²) in [6, 6.07) is -6.09. The highest BCUT2D eigenvalue weighted by Crippen LogP contribution is 2.31. The summed E-state index contributed by atoms with van der Waals surface area (Å²) in [5, 5.41) is 62.8. The molecule has 1 aliphatic heterocycles. The summed E-state index contributed by atoms with van der Waals surface area (Å²) in [6.07, 6.45) is 28.4. The number of nitrogens with two attached hydrogens (primary N) is 4. The zero-order valence-corrected chi connectivity index (χ0v) is 82.7. The molecule has 782 valence electrons. The van der Waals surface area contributed by atoms with Crippen LogP contribution in [0.3, 0.4) is 0 Å². The molecule has 1 saturated heterocycles. The van der Waals surface area contributed by atoms with Gasteiger partial charge in [-0.2, -0.15) is 0 Å². The minimum absolute atomic E-state index is 0.0267. The summed E-state index contributed by atoms with van der Waals surface area (Å²) < 4.78 is 22.3. The van der Waals surface area contributed by atoms with E-state index in [0.717, 1.165) is 64.2 Å². The second kappa shape index (κ2) is 71.8. The zero-order chi connectivity index (χ0) is 101. The molecule has 3 fully saturated rings. The van der Waals surface area contributed by atoms with Crippen molar-refractivity contribution in [2.75, 3.05) is 99.2 Å². The van der Waals surface area contributed by atoms with Gasteiger partial charge in [0.15, 0.2) is 11.9 Å². The van der Waals surface area contributed by atoms with Gasteiger partial charge in [0.25, 0.3) is 0 Å². The molecule has 41 heteroatoms. The fourth-order valence-electron chi connectivity index (χ4n) is 17.0. The lowest BCUT2D eigenvalue weighted by atomic mass is 9.81. The standard InChI is InChI=1S/C97H167N19O22/c1-6-8-10-11-12-13-14-15-16-17-18-19-20-21-25-37-82(119)107-63-69-38-42-70(43-39-69)86(123)112-75(94(131)132)46-47-83(120)103-50-29-53-135-55-57-137-58-56-136-54-30-51-104-84(121)64-138-65-85(122)108-77(61-68-40-44-71(117)45-41-68)90(127)114-78(60-67-31-23-22-24-32-67)91(128)113-76(59-66(3)4)89(126)109-72(33-9-7-2)87(124)111-74(35-27-48-105-96(99)100)93(130)116-52-28-36-80(116)92(129)110-73(34-26-49-106-97(101)102-5)88(125)115-79(95(133)134)62-81(98)118/h40-41,44-45,66-67,69-70,72-80,117H,6-39,42-43,46-65H2,1-5H3,(H2,98,118)(H,103,120)(H,104,121)(H,107,119)(H,108,122)(H,109,126)(H,110,129)(H,111,124)(H,112,123)(H,113,128)(H,114,127)(H,115,125)(H,131,132)(H,133,134)(H4,99,100,105)(H3,101,102,106)/t69?,70?,72?,73-,74-,75-,76-,77-,78?,79-,80-/m0/s1. The molecule has 138 heavy (non-hydrogen) atoms. The van der Waals surface area contributed by atoms with Gasteiger partial charge in [-0.05, 0) is 145 Å². The number of nitrogens with one attached hydrogen (secondary N) is 12. The van der Waals surface area contributed by atoms with E-state index in [1.807, 2.05) is 20.8 Å². The van der Waals surface area contributed by atoms with E-state index in [2.05, 4.69) is 80.7 Å². The van der Waals surface area contributed by atoms with E-state index in [9.17, 15) is 87.2 Å². The van der Waals surface area contributed by atoms with Crippen molar-refractivity contribution >= 4 is 101 Å². The molecule has 1 aromatic carbocycles. The first-order valence-corrected chi connectivity index (χ1v) is 50.7. The van der Waals surface area contributed by atoms with Gasteiger partial charge in [0.1, 0.15) is 73.3 Å². The van der Waals surface area contributed by atoms with Crippen molar-refractivity contribution in [1.29, 1.82) is 0 Å². The Morgan fingerprint density at radius 3 is 1.51 bits per heavy atom. The molecule has 23 N–H and O–H groups in total. The van der Waals surface area contributed by atoms with Crippen molar-refractivity contribution in [1.82, 2.24) is 68.7 Å². The van der Waals surface area contributed by atoms with Crippen LogP contribution in [0.5, 0.6) is 5.75 Å². The van der Waals surface area contributed by atoms with Crippen molar-refractivity contribution in [2.24, 2.45) is 56.6 Å². The quantitative estimate of drug-likeness (QED) is 0.0243. The van der Waals surface area contributed by atoms with Crippen LogP contribution in [0.25, 0.3) is 0 Å². The number of aliphatic imine (C=N–C) groups is 2. The predicted molar refractivity (Wildman–Crippen MR) is 522 cm³/mol. The number of likely N-dealkylation sites (tertiary alicyclic amines) is 1. The van der Waals surface area contributed by atoms with Gasteiger partial charge in [-0.25, -0.2) is 9.59 Å². The Morgan fingerprint density at radius 2 is 0.928 bits per heavy atom. The molecule has 41 nitrogen and oxygen atoms in total. The Morgan fingerprint density at radius 1 is 0.435 bits per heavy atom. The van der Waals surface area contributed by atoms with Crippen LogP contribution < -0.4 is 86.7 Å². The molecular weight excluding hydrogens is 1780 g/mol. The van der Waals surface area contributed by atoms with E-state index < -0.39 is 145 Å². The Hall–Kier alpha value is -10.5. The van der Waals surface area contributed by atoms with Crippen LogP contribution in [0.1, 0.15) is 297 Å². The molecule has 2 saturated carbocycles. The Balaban J connectivity index is 1.21. The number of carboxylic acids is 2. The third kappa shape index (κ3) is 53.6. The first-order chi connectivity index (χ1) is 66.3. The van der Waals surface area contributed by atoms with Crippen LogP contribution in [0.2, 0.25) is 0 Å². The minimum Gasteiger partial charge on any atom is -0.508 e. The number of rotatable bonds is 76. The molecule has 4 rings (SSSR count). The van der Waals surface area contributed by atoms with Gasteiger partial charge < -0.3 is 126 Å². The van der Waals surface area contributed by atoms with Crippen LogP contribution in [0.15, 0.2) is 34.3 Å². The normalized spacial score (nSPS) is 16.7. The molecule has 0 aromatic heterocycles. The summed E-state index contributed by atoms with van der Waals surface area (Å²) in [4.78, 5) is 212. The highest BCUT2D eigenvalue weighted by Gasteiger charge is 2.42. The molecule has 3 aliphatic rings. The van der Waals surface area contributed by atoms with Gasteiger partial charge in [0.05, 0.1) is 32.8 Å². The minimum atomic E-state index is -1.73. The molecule has 2 unspecified atom stereocenters. The second-order valence-electron chi connectivity index (χ2n) is 37.1. The summed E-state index contributed by atoms with van der Waals surface area (Å²) in [5.74, 6) is -11.6. The van der Waals surface area contributed by atoms with E-state index in [4.69, 9.17) is 41.9 Å². The molecule has 0 radical (unpaired) electrons. The molecule has 2 aliphatic carbocycles. The number of nitrogens with zero attached hydrogens (tertiary/aromatic N) is 3. The van der Waals surface area contributed by atoms with E-state index in [1.165, 1.54) is 101 Å². The van der Waals surface area contributed by atoms with E-state index in [-0.39, 0.29) is 189 Å². The van der Waals surface area contributed by atoms with Crippen molar-refractivity contribution in [2.45, 2.75) is 352 Å². The number of guanidine groups is 2. The summed E-state index contributed by atoms with van der Waals surface area (Å²) >= 11 is 0. The Kier molecular flexibility index (Phi) is 62.3. The van der Waals surface area contributed by atoms with E-state index in [0.29, 0.717) is 76.6 Å². The first-order valence-electron chi connectivity index (χ1n) is 50.7. The number of aliphatic carboxylic acids is 2. The number of phenols is 1. The average molecular weight is 1950 g/mol. The highest BCUT2D eigenvalue weighted by molar-refractivity contribution is 5.99. The number of carbonyl (C=O) groups is 15. The number of benzene rings is 1. The Bertz CT molecular complexity index is 3860. The number of primary amides is 1. The summed E-state index contributed by atoms with van der Waals surface area (Å²) in [5.41, 5.74) is 22.8. The number of phenolic OH excluding ortho intramolecular Hbond substituents is 1. The van der Waals surface area contributed by atoms with Gasteiger partial charge in [0, 0.05) is 84.7 Å². The van der Waals surface area contributed by atoms with Crippen molar-refractivity contribution in [3.63, 3.8) is 0 Å². The summed E-state index contributed by atoms with van der Waals surface area (Å²) in [6.45, 7) is 9.71. The lowest BCUT2D eigenvalue weighted by Gasteiger charge is -2.31. The fraction of sp³-hybridized carbons (Fsp3) is 0.763. The lowest BCUT2D eigenvalue weighted by molar-refractivity contribution is -0.144. The van der Waals surface area contributed by atoms with Crippen LogP contribution >= 0.6 is 0 Å². The third-order valence-corrected chi connectivity index (χ3v) is 24.9. The van der Waals surface area contributed by atoms with Gasteiger partial charge in [-0.1, -0.05) is 175 Å². The number of unbranched alkanes of at least 4 members (excludes halogenated alkanes) is 15. The monoisotopic (exact) mass is 1950 g/mol. The highest BCUT2D eigenvalue weighted by atomic mass is 16.5. The van der Waals surface area contributed by atoms with Crippen molar-refractivity contribution in [3.8, 4) is 5.75 Å². The molecular formula is C97H167N19O22. The SMILES string of the molecule is CCCCCCCCCCCCCCCCCC(=O)NCC1CCC(C(=O)N[C@@H](CCC(=O)NCCCOCCOCCOCCCNC(=O)COCC(=O)N[C@@H](Cc2ccc(O)cc2)C(=O)NC(CC2CCCCC2)C(=O)N[C@@H](CC(C)C)C(=O)NC(CCCC)C(=O)N[C@@H](CCCN=C(N)N)C(=O)N2CCC[C@H]2C(=O)N[C@@H](CCCNC(N)=NC)C(=O)N[C@@H](CC(N)=O)C(=O)O)C(=O)O)CC1. The second-order valence-corrected chi connectivity index (χ2v) is 37.1. The number of ether oxygens (including phenoxy) is 4. The maximum atomic E-state index is 14.9. The molecule has 1 heterocycles. The number of hydrogen-bond donors (Lipinski definition) is 19. The lowest BCUT2D eigenvalue weighted by Crippen LogP contribution is -2.60. The van der Waals surface area contributed by atoms with E-state index >= 15 is 0 Å². The van der Waals surface area contributed by atoms with Crippen LogP contribution in [-0.4, -0.2) is 274 Å². The molecule has 0 bridgehead atoms. The van der Waals surface area contributed by atoms with Gasteiger partial charge in [0.2, 0.25) is 76.8 Å². The molecule has 13 amide bonds. The van der Waals surface area contributed by atoms with Crippen LogP contribution in [-0.2, 0) is 97.3 Å². The maximum Gasteiger partial charge on any atom is 0.326 e. The maximum absolute atomic E-state index is 14.9. The first kappa shape index (κ1) is 120.